The lowest BCUT2D eigenvalue weighted by molar-refractivity contribution is 0.660. The molecule has 2 aliphatic rings. The van der Waals surface area contributed by atoms with E-state index in [1.165, 1.54) is 66.3 Å². The van der Waals surface area contributed by atoms with E-state index in [2.05, 4.69) is 279 Å². The molecule has 13 rings (SSSR count). The van der Waals surface area contributed by atoms with Crippen LogP contribution in [0.5, 0.6) is 0 Å². The second-order valence-corrected chi connectivity index (χ2v) is 19.8. The van der Waals surface area contributed by atoms with Crippen molar-refractivity contribution in [3.63, 3.8) is 0 Å². The van der Waals surface area contributed by atoms with Crippen LogP contribution in [0.25, 0.3) is 60.9 Å². The zero-order chi connectivity index (χ0) is 46.4. The zero-order valence-electron chi connectivity index (χ0n) is 39.4. The van der Waals surface area contributed by atoms with Crippen LogP contribution in [-0.4, -0.2) is 4.57 Å². The molecule has 11 aromatic rings. The van der Waals surface area contributed by atoms with Crippen LogP contribution in [0.4, 0.5) is 34.1 Å². The summed E-state index contributed by atoms with van der Waals surface area (Å²) in [5, 5.41) is 2.47. The van der Waals surface area contributed by atoms with Crippen LogP contribution in [0.3, 0.4) is 0 Å². The van der Waals surface area contributed by atoms with Gasteiger partial charge in [-0.1, -0.05) is 173 Å². The Morgan fingerprint density at radius 2 is 0.739 bits per heavy atom. The summed E-state index contributed by atoms with van der Waals surface area (Å²) in [6.07, 6.45) is 0. The van der Waals surface area contributed by atoms with Crippen molar-refractivity contribution in [3.05, 3.63) is 259 Å². The fraction of sp³-hybridized carbons (Fsp3) is 0.0909. The summed E-state index contributed by atoms with van der Waals surface area (Å²) < 4.78 is 2.42. The molecular formula is C66H51N3. The van der Waals surface area contributed by atoms with E-state index in [9.17, 15) is 0 Å². The lowest BCUT2D eigenvalue weighted by Crippen LogP contribution is -2.17. The molecule has 0 fully saturated rings. The topological polar surface area (TPSA) is 11.4 Å². The molecule has 69 heavy (non-hydrogen) atoms. The molecule has 3 nitrogen and oxygen atoms in total. The number of hydrogen-bond acceptors (Lipinski definition) is 2. The fourth-order valence-electron chi connectivity index (χ4n) is 11.7. The third-order valence-electron chi connectivity index (χ3n) is 15.1. The maximum absolute atomic E-state index is 2.46. The maximum atomic E-state index is 2.46. The van der Waals surface area contributed by atoms with Gasteiger partial charge in [-0.25, -0.2) is 0 Å². The summed E-state index contributed by atoms with van der Waals surface area (Å²) in [5.41, 5.74) is 22.7. The van der Waals surface area contributed by atoms with Gasteiger partial charge < -0.3 is 14.4 Å². The van der Waals surface area contributed by atoms with Gasteiger partial charge in [0, 0.05) is 61.4 Å². The average Bonchev–Trinajstić information content (AvgIpc) is 3.93. The Bertz CT molecular complexity index is 3620. The van der Waals surface area contributed by atoms with Gasteiger partial charge in [0.05, 0.1) is 11.0 Å². The Morgan fingerprint density at radius 3 is 1.29 bits per heavy atom. The smallest absolute Gasteiger partial charge is 0.0547 e. The molecule has 2 aliphatic carbocycles. The molecule has 0 amide bonds. The van der Waals surface area contributed by atoms with Crippen molar-refractivity contribution in [1.29, 1.82) is 0 Å². The highest BCUT2D eigenvalue weighted by molar-refractivity contribution is 6.10. The van der Waals surface area contributed by atoms with E-state index in [0.717, 1.165) is 50.9 Å². The molecule has 10 aromatic carbocycles. The third kappa shape index (κ3) is 6.41. The largest absolute Gasteiger partial charge is 0.310 e. The maximum Gasteiger partial charge on any atom is 0.0547 e. The molecule has 0 unspecified atom stereocenters. The molecule has 0 atom stereocenters. The molecule has 3 heteroatoms. The molecule has 1 aromatic heterocycles. The molecule has 0 aliphatic heterocycles. The third-order valence-corrected chi connectivity index (χ3v) is 15.1. The number of para-hydroxylation sites is 4. The van der Waals surface area contributed by atoms with Crippen molar-refractivity contribution in [3.8, 4) is 39.1 Å². The lowest BCUT2D eigenvalue weighted by Gasteiger charge is -2.32. The lowest BCUT2D eigenvalue weighted by atomic mass is 9.82. The first kappa shape index (κ1) is 40.8. The van der Waals surface area contributed by atoms with E-state index in [1.54, 1.807) is 0 Å². The second-order valence-electron chi connectivity index (χ2n) is 19.8. The minimum Gasteiger partial charge on any atom is -0.310 e. The molecular weight excluding hydrogens is 835 g/mol. The number of aromatic nitrogens is 1. The molecule has 0 bridgehead atoms. The molecule has 1 heterocycles. The SMILES string of the molecule is CC1(C)c2ccccc2-c2ccc(N(c3ccccc3)c3cc(-c4ccc5c6ccccc6n(-c6ccccc6)c5c4)cc(N(c4ccccc4)c4ccc5c(c4)C(C)(C)c4ccccc4-5)c3)cc21. The Balaban J connectivity index is 1.07. The molecule has 0 saturated heterocycles. The van der Waals surface area contributed by atoms with Crippen LogP contribution >= 0.6 is 0 Å². The van der Waals surface area contributed by atoms with Crippen LogP contribution < -0.4 is 9.80 Å². The van der Waals surface area contributed by atoms with Gasteiger partial charge in [-0.15, -0.1) is 0 Å². The van der Waals surface area contributed by atoms with E-state index >= 15 is 0 Å². The first-order chi connectivity index (χ1) is 33.7. The van der Waals surface area contributed by atoms with E-state index in [4.69, 9.17) is 0 Å². The normalized spacial score (nSPS) is 13.7. The summed E-state index contributed by atoms with van der Waals surface area (Å²) in [6, 6.07) is 87.5. The van der Waals surface area contributed by atoms with Crippen molar-refractivity contribution in [2.24, 2.45) is 0 Å². The van der Waals surface area contributed by atoms with Gasteiger partial charge in [-0.3, -0.25) is 0 Å². The van der Waals surface area contributed by atoms with Gasteiger partial charge in [-0.2, -0.15) is 0 Å². The minimum atomic E-state index is -0.158. The van der Waals surface area contributed by atoms with Crippen LogP contribution in [0, 0.1) is 0 Å². The van der Waals surface area contributed by atoms with Crippen molar-refractivity contribution in [1.82, 2.24) is 4.57 Å². The van der Waals surface area contributed by atoms with Crippen molar-refractivity contribution >= 4 is 55.9 Å². The second kappa shape index (κ2) is 15.6. The van der Waals surface area contributed by atoms with Crippen molar-refractivity contribution in [2.45, 2.75) is 38.5 Å². The van der Waals surface area contributed by atoms with Crippen LogP contribution in [0.1, 0.15) is 49.9 Å². The molecule has 0 saturated carbocycles. The molecule has 0 radical (unpaired) electrons. The van der Waals surface area contributed by atoms with Gasteiger partial charge in [0.25, 0.3) is 0 Å². The van der Waals surface area contributed by atoms with Gasteiger partial charge in [0.15, 0.2) is 0 Å². The van der Waals surface area contributed by atoms with Gasteiger partial charge >= 0.3 is 0 Å². The standard InChI is InChI=1S/C66H51N3/c1-65(2)59-29-17-14-26-53(59)55-36-33-49(42-61(55)65)67(46-20-8-5-9-21-46)51-38-45(44-32-35-58-57-28-16-19-31-63(57)69(64(58)40-44)48-24-12-7-13-25-48)39-52(41-51)68(47-22-10-6-11-23-47)50-34-37-56-54-27-15-18-30-60(54)66(3,4)62(56)43-50/h5-43H,1-4H3. The Kier molecular flexibility index (Phi) is 9.22. The van der Waals surface area contributed by atoms with Gasteiger partial charge in [0.2, 0.25) is 0 Å². The number of hydrogen-bond donors (Lipinski definition) is 0. The van der Waals surface area contributed by atoms with Crippen molar-refractivity contribution in [2.75, 3.05) is 9.80 Å². The number of fused-ring (bicyclic) bond motifs is 9. The monoisotopic (exact) mass is 885 g/mol. The highest BCUT2D eigenvalue weighted by atomic mass is 15.2. The van der Waals surface area contributed by atoms with Crippen LogP contribution in [-0.2, 0) is 10.8 Å². The van der Waals surface area contributed by atoms with E-state index < -0.39 is 0 Å². The molecule has 0 spiro atoms. The summed E-state index contributed by atoms with van der Waals surface area (Å²) in [6.45, 7) is 9.47. The van der Waals surface area contributed by atoms with E-state index in [1.807, 2.05) is 0 Å². The van der Waals surface area contributed by atoms with Crippen molar-refractivity contribution < 1.29 is 0 Å². The number of benzene rings is 10. The Hall–Kier alpha value is -8.40. The van der Waals surface area contributed by atoms with Crippen LogP contribution in [0.15, 0.2) is 237 Å². The number of anilines is 6. The first-order valence-electron chi connectivity index (χ1n) is 24.2. The average molecular weight is 886 g/mol. The summed E-state index contributed by atoms with van der Waals surface area (Å²) >= 11 is 0. The van der Waals surface area contributed by atoms with Gasteiger partial charge in [0.1, 0.15) is 0 Å². The Labute approximate surface area is 404 Å². The predicted molar refractivity (Wildman–Crippen MR) is 291 cm³/mol. The van der Waals surface area contributed by atoms with Gasteiger partial charge in [-0.05, 0) is 147 Å². The van der Waals surface area contributed by atoms with Crippen LogP contribution in [0.2, 0.25) is 0 Å². The number of rotatable bonds is 8. The number of nitrogens with zero attached hydrogens (tertiary/aromatic N) is 3. The minimum absolute atomic E-state index is 0.158. The summed E-state index contributed by atoms with van der Waals surface area (Å²) in [7, 11) is 0. The predicted octanol–water partition coefficient (Wildman–Crippen LogP) is 18.0. The summed E-state index contributed by atoms with van der Waals surface area (Å²) in [5.74, 6) is 0. The molecule has 330 valence electrons. The highest BCUT2D eigenvalue weighted by Crippen LogP contribution is 2.53. The Morgan fingerprint density at radius 1 is 0.290 bits per heavy atom. The molecule has 0 N–H and O–H groups in total. The van der Waals surface area contributed by atoms with E-state index in [-0.39, 0.29) is 10.8 Å². The van der Waals surface area contributed by atoms with E-state index in [0.29, 0.717) is 0 Å². The first-order valence-corrected chi connectivity index (χ1v) is 24.2. The zero-order valence-corrected chi connectivity index (χ0v) is 39.4. The quantitative estimate of drug-likeness (QED) is 0.151. The summed E-state index contributed by atoms with van der Waals surface area (Å²) in [4.78, 5) is 4.91. The highest BCUT2D eigenvalue weighted by Gasteiger charge is 2.37. The fourth-order valence-corrected chi connectivity index (χ4v) is 11.7.